The second kappa shape index (κ2) is 9.74. The number of benzene rings is 1. The van der Waals surface area contributed by atoms with E-state index in [9.17, 15) is 5.11 Å². The smallest absolute Gasteiger partial charge is 0.121 e. The number of methoxy groups -OCH3 is 1. The normalized spacial score (nSPS) is 18.3. The van der Waals surface area contributed by atoms with Gasteiger partial charge in [-0.25, -0.2) is 0 Å². The average Bonchev–Trinajstić information content (AvgIpc) is 2.98. The summed E-state index contributed by atoms with van der Waals surface area (Å²) in [5.74, 6) is 0.934. The Morgan fingerprint density at radius 1 is 1.17 bits per heavy atom. The lowest BCUT2D eigenvalue weighted by Crippen LogP contribution is -2.52. The van der Waals surface area contributed by atoms with Gasteiger partial charge < -0.3 is 9.84 Å². The summed E-state index contributed by atoms with van der Waals surface area (Å²) < 4.78 is 7.48. The third-order valence-corrected chi connectivity index (χ3v) is 6.21. The zero-order valence-corrected chi connectivity index (χ0v) is 18.6. The van der Waals surface area contributed by atoms with Crippen molar-refractivity contribution in [1.29, 1.82) is 0 Å². The molecule has 0 saturated carbocycles. The van der Waals surface area contributed by atoms with E-state index < -0.39 is 0 Å². The van der Waals surface area contributed by atoms with Crippen LogP contribution < -0.4 is 4.74 Å². The highest BCUT2D eigenvalue weighted by Crippen LogP contribution is 2.23. The standard InChI is InChI=1S/C23H36N4O2/c1-6-27-19(4)22(18(3)24-27)16-25-10-11-26(21(15-25)9-12-28)14-20-7-8-23(29-5)17(2)13-20/h7-8,13,21,28H,6,9-12,14-16H2,1-5H3/t21-/m1/s1. The number of ether oxygens (including phenoxy) is 1. The second-order valence-corrected chi connectivity index (χ2v) is 8.14. The summed E-state index contributed by atoms with van der Waals surface area (Å²) in [6, 6.07) is 6.78. The van der Waals surface area contributed by atoms with Crippen LogP contribution in [0.5, 0.6) is 5.75 Å². The highest BCUT2D eigenvalue weighted by molar-refractivity contribution is 5.36. The van der Waals surface area contributed by atoms with Gasteiger partial charge in [-0.1, -0.05) is 12.1 Å². The van der Waals surface area contributed by atoms with Crippen LogP contribution in [0.15, 0.2) is 18.2 Å². The van der Waals surface area contributed by atoms with Crippen molar-refractivity contribution < 1.29 is 9.84 Å². The van der Waals surface area contributed by atoms with E-state index in [0.717, 1.165) is 57.1 Å². The minimum atomic E-state index is 0.225. The van der Waals surface area contributed by atoms with Gasteiger partial charge in [0, 0.05) is 63.2 Å². The molecule has 1 atom stereocenters. The minimum absolute atomic E-state index is 0.225. The largest absolute Gasteiger partial charge is 0.496 e. The van der Waals surface area contributed by atoms with Gasteiger partial charge in [-0.3, -0.25) is 14.5 Å². The molecule has 6 heteroatoms. The Bertz CT molecular complexity index is 817. The highest BCUT2D eigenvalue weighted by Gasteiger charge is 2.28. The molecule has 0 amide bonds. The van der Waals surface area contributed by atoms with Crippen LogP contribution in [0.4, 0.5) is 0 Å². The van der Waals surface area contributed by atoms with Crippen molar-refractivity contribution in [3.8, 4) is 5.75 Å². The number of rotatable bonds is 8. The Labute approximate surface area is 175 Å². The molecule has 1 aliphatic heterocycles. The quantitative estimate of drug-likeness (QED) is 0.738. The molecule has 29 heavy (non-hydrogen) atoms. The fourth-order valence-electron chi connectivity index (χ4n) is 4.50. The molecule has 1 N–H and O–H groups in total. The highest BCUT2D eigenvalue weighted by atomic mass is 16.5. The first kappa shape index (κ1) is 21.8. The summed E-state index contributed by atoms with van der Waals surface area (Å²) in [5, 5.41) is 14.3. The third-order valence-electron chi connectivity index (χ3n) is 6.21. The molecular formula is C23H36N4O2. The maximum absolute atomic E-state index is 9.64. The van der Waals surface area contributed by atoms with Crippen molar-refractivity contribution in [3.05, 3.63) is 46.3 Å². The van der Waals surface area contributed by atoms with Crippen LogP contribution in [-0.2, 0) is 19.6 Å². The van der Waals surface area contributed by atoms with Gasteiger partial charge >= 0.3 is 0 Å². The van der Waals surface area contributed by atoms with Gasteiger partial charge in [0.15, 0.2) is 0 Å². The molecule has 160 valence electrons. The number of aryl methyl sites for hydroxylation is 3. The molecule has 1 aliphatic rings. The number of hydrogen-bond donors (Lipinski definition) is 1. The summed E-state index contributed by atoms with van der Waals surface area (Å²) in [6.07, 6.45) is 0.803. The lowest BCUT2D eigenvalue weighted by Gasteiger charge is -2.41. The van der Waals surface area contributed by atoms with Crippen LogP contribution in [0, 0.1) is 20.8 Å². The van der Waals surface area contributed by atoms with Gasteiger partial charge in [0.05, 0.1) is 12.8 Å². The van der Waals surface area contributed by atoms with Crippen molar-refractivity contribution in [1.82, 2.24) is 19.6 Å². The summed E-state index contributed by atoms with van der Waals surface area (Å²) in [7, 11) is 1.71. The first-order valence-electron chi connectivity index (χ1n) is 10.7. The maximum atomic E-state index is 9.64. The summed E-state index contributed by atoms with van der Waals surface area (Å²) >= 11 is 0. The predicted octanol–water partition coefficient (Wildman–Crippen LogP) is 2.91. The van der Waals surface area contributed by atoms with E-state index in [1.165, 1.54) is 22.4 Å². The molecule has 1 aromatic carbocycles. The zero-order valence-electron chi connectivity index (χ0n) is 18.6. The van der Waals surface area contributed by atoms with Crippen molar-refractivity contribution in [2.75, 3.05) is 33.4 Å². The Hall–Kier alpha value is -1.89. The Kier molecular flexibility index (Phi) is 7.33. The van der Waals surface area contributed by atoms with Crippen LogP contribution >= 0.6 is 0 Å². The van der Waals surface area contributed by atoms with E-state index in [1.807, 2.05) is 0 Å². The average molecular weight is 401 g/mol. The Balaban J connectivity index is 1.68. The van der Waals surface area contributed by atoms with Gasteiger partial charge in [-0.15, -0.1) is 0 Å². The van der Waals surface area contributed by atoms with Gasteiger partial charge in [0.1, 0.15) is 5.75 Å². The van der Waals surface area contributed by atoms with E-state index in [1.54, 1.807) is 7.11 Å². The SMILES string of the molecule is CCn1nc(C)c(CN2CCN(Cc3ccc(OC)c(C)c3)[C@H](CCO)C2)c1C. The summed E-state index contributed by atoms with van der Waals surface area (Å²) in [6.45, 7) is 14.5. The molecular weight excluding hydrogens is 364 g/mol. The van der Waals surface area contributed by atoms with Crippen molar-refractivity contribution in [2.24, 2.45) is 0 Å². The number of aliphatic hydroxyl groups excluding tert-OH is 1. The van der Waals surface area contributed by atoms with Crippen molar-refractivity contribution in [3.63, 3.8) is 0 Å². The topological polar surface area (TPSA) is 53.8 Å². The molecule has 0 radical (unpaired) electrons. The Morgan fingerprint density at radius 2 is 1.97 bits per heavy atom. The van der Waals surface area contributed by atoms with Gasteiger partial charge in [-0.2, -0.15) is 5.10 Å². The molecule has 0 aliphatic carbocycles. The van der Waals surface area contributed by atoms with E-state index in [2.05, 4.69) is 65.5 Å². The number of aliphatic hydroxyl groups is 1. The van der Waals surface area contributed by atoms with Crippen LogP contribution in [0.1, 0.15) is 41.4 Å². The molecule has 2 heterocycles. The van der Waals surface area contributed by atoms with E-state index in [0.29, 0.717) is 6.04 Å². The predicted molar refractivity (Wildman–Crippen MR) is 116 cm³/mol. The summed E-state index contributed by atoms with van der Waals surface area (Å²) in [4.78, 5) is 5.04. The number of aromatic nitrogens is 2. The lowest BCUT2D eigenvalue weighted by molar-refractivity contribution is 0.0498. The third kappa shape index (κ3) is 5.00. The first-order valence-corrected chi connectivity index (χ1v) is 10.7. The van der Waals surface area contributed by atoms with E-state index in [-0.39, 0.29) is 6.61 Å². The molecule has 6 nitrogen and oxygen atoms in total. The maximum Gasteiger partial charge on any atom is 0.121 e. The van der Waals surface area contributed by atoms with Crippen LogP contribution in [0.25, 0.3) is 0 Å². The zero-order chi connectivity index (χ0) is 21.0. The molecule has 0 spiro atoms. The van der Waals surface area contributed by atoms with Gasteiger partial charge in [0.25, 0.3) is 0 Å². The van der Waals surface area contributed by atoms with E-state index in [4.69, 9.17) is 4.74 Å². The summed E-state index contributed by atoms with van der Waals surface area (Å²) in [5.41, 5.74) is 6.24. The number of piperazine rings is 1. The molecule has 1 fully saturated rings. The van der Waals surface area contributed by atoms with Crippen LogP contribution in [0.3, 0.4) is 0 Å². The van der Waals surface area contributed by atoms with Gasteiger partial charge in [-0.05, 0) is 51.3 Å². The Morgan fingerprint density at radius 3 is 2.59 bits per heavy atom. The van der Waals surface area contributed by atoms with E-state index >= 15 is 0 Å². The molecule has 0 bridgehead atoms. The molecule has 3 rings (SSSR count). The fourth-order valence-corrected chi connectivity index (χ4v) is 4.50. The van der Waals surface area contributed by atoms with Crippen molar-refractivity contribution >= 4 is 0 Å². The monoisotopic (exact) mass is 400 g/mol. The van der Waals surface area contributed by atoms with Crippen LogP contribution in [0.2, 0.25) is 0 Å². The molecule has 1 saturated heterocycles. The van der Waals surface area contributed by atoms with Gasteiger partial charge in [0.2, 0.25) is 0 Å². The molecule has 0 unspecified atom stereocenters. The second-order valence-electron chi connectivity index (χ2n) is 8.14. The minimum Gasteiger partial charge on any atom is -0.496 e. The number of nitrogens with zero attached hydrogens (tertiary/aromatic N) is 4. The molecule has 2 aromatic rings. The fraction of sp³-hybridized carbons (Fsp3) is 0.609. The first-order chi connectivity index (χ1) is 14.0. The van der Waals surface area contributed by atoms with Crippen molar-refractivity contribution in [2.45, 2.75) is 59.8 Å². The molecule has 1 aromatic heterocycles. The van der Waals surface area contributed by atoms with Crippen LogP contribution in [-0.4, -0.2) is 64.1 Å². The lowest BCUT2D eigenvalue weighted by atomic mass is 10.0. The number of hydrogen-bond acceptors (Lipinski definition) is 5.